The van der Waals surface area contributed by atoms with Crippen molar-refractivity contribution in [3.63, 3.8) is 0 Å². The van der Waals surface area contributed by atoms with E-state index < -0.39 is 5.41 Å². The van der Waals surface area contributed by atoms with Gasteiger partial charge < -0.3 is 16.0 Å². The number of nitrogens with two attached hydrogens (primary N) is 2. The standard InChI is InChI=1S/C22H27N7O/c1-14(2)22(4,21-26-20(30-28-21)19-10-11-29(5)27-19)18-8-6-16(7-9-18)17(12-23)13-25-15(3)24/h6-14H,3,23-24H2,1-2,4-5H3/b17-12+,25-13-. The first-order valence-electron chi connectivity index (χ1n) is 9.61. The SMILES string of the molecule is C=C(N)/N=C\C(=C/N)c1ccc(C(C)(c2noc(-c3ccn(C)n3)n2)C(C)C)cc1. The van der Waals surface area contributed by atoms with E-state index in [-0.39, 0.29) is 11.7 Å². The molecule has 0 saturated carbocycles. The van der Waals surface area contributed by atoms with Crippen LogP contribution >= 0.6 is 0 Å². The van der Waals surface area contributed by atoms with E-state index >= 15 is 0 Å². The first-order valence-corrected chi connectivity index (χ1v) is 9.61. The average Bonchev–Trinajstić information content (AvgIpc) is 3.37. The monoisotopic (exact) mass is 405 g/mol. The van der Waals surface area contributed by atoms with Gasteiger partial charge >= 0.3 is 0 Å². The van der Waals surface area contributed by atoms with Crippen LogP contribution < -0.4 is 11.5 Å². The maximum absolute atomic E-state index is 5.75. The second-order valence-corrected chi connectivity index (χ2v) is 7.60. The number of hydrogen-bond acceptors (Lipinski definition) is 7. The third-order valence-corrected chi connectivity index (χ3v) is 5.34. The highest BCUT2D eigenvalue weighted by molar-refractivity contribution is 6.09. The van der Waals surface area contributed by atoms with Gasteiger partial charge in [-0.05, 0) is 30.0 Å². The molecule has 1 atom stereocenters. The minimum absolute atomic E-state index is 0.212. The Morgan fingerprint density at radius 1 is 1.27 bits per heavy atom. The fraction of sp³-hybridized carbons (Fsp3) is 0.273. The first kappa shape index (κ1) is 21.0. The van der Waals surface area contributed by atoms with E-state index in [1.54, 1.807) is 10.9 Å². The summed E-state index contributed by atoms with van der Waals surface area (Å²) in [6.45, 7) is 9.94. The van der Waals surface area contributed by atoms with Crippen LogP contribution in [0.3, 0.4) is 0 Å². The molecule has 8 nitrogen and oxygen atoms in total. The lowest BCUT2D eigenvalue weighted by Crippen LogP contribution is -2.31. The van der Waals surface area contributed by atoms with E-state index in [4.69, 9.17) is 16.0 Å². The van der Waals surface area contributed by atoms with E-state index in [1.165, 1.54) is 6.20 Å². The molecule has 8 heteroatoms. The minimum Gasteiger partial charge on any atom is -0.404 e. The van der Waals surface area contributed by atoms with E-state index in [1.807, 2.05) is 43.6 Å². The lowest BCUT2D eigenvalue weighted by atomic mass is 9.72. The van der Waals surface area contributed by atoms with Crippen LogP contribution in [0, 0.1) is 5.92 Å². The molecule has 1 unspecified atom stereocenters. The maximum atomic E-state index is 5.75. The average molecular weight is 406 g/mol. The Morgan fingerprint density at radius 3 is 2.50 bits per heavy atom. The third-order valence-electron chi connectivity index (χ3n) is 5.34. The Hall–Kier alpha value is -3.68. The van der Waals surface area contributed by atoms with Gasteiger partial charge in [-0.2, -0.15) is 10.1 Å². The molecule has 0 aliphatic carbocycles. The Balaban J connectivity index is 1.96. The Morgan fingerprint density at radius 2 is 1.97 bits per heavy atom. The molecule has 4 N–H and O–H groups in total. The summed E-state index contributed by atoms with van der Waals surface area (Å²) >= 11 is 0. The summed E-state index contributed by atoms with van der Waals surface area (Å²) in [5, 5.41) is 8.62. The molecular weight excluding hydrogens is 378 g/mol. The van der Waals surface area contributed by atoms with Gasteiger partial charge in [0.15, 0.2) is 11.5 Å². The van der Waals surface area contributed by atoms with Gasteiger partial charge in [0.2, 0.25) is 0 Å². The Labute approximate surface area is 176 Å². The smallest absolute Gasteiger partial charge is 0.278 e. The summed E-state index contributed by atoms with van der Waals surface area (Å²) in [4.78, 5) is 8.68. The molecule has 3 aromatic rings. The van der Waals surface area contributed by atoms with Crippen molar-refractivity contribution >= 4 is 11.8 Å². The van der Waals surface area contributed by atoms with Crippen molar-refractivity contribution in [1.29, 1.82) is 0 Å². The minimum atomic E-state index is -0.457. The topological polar surface area (TPSA) is 121 Å². The van der Waals surface area contributed by atoms with Gasteiger partial charge in [0.1, 0.15) is 5.82 Å². The molecule has 156 valence electrons. The zero-order valence-electron chi connectivity index (χ0n) is 17.7. The van der Waals surface area contributed by atoms with Crippen LogP contribution in [0.25, 0.3) is 17.2 Å². The van der Waals surface area contributed by atoms with Crippen molar-refractivity contribution in [1.82, 2.24) is 19.9 Å². The molecule has 0 radical (unpaired) electrons. The number of rotatable bonds is 7. The largest absolute Gasteiger partial charge is 0.404 e. The second kappa shape index (κ2) is 8.36. The molecule has 0 amide bonds. The molecule has 0 saturated heterocycles. The number of allylic oxidation sites excluding steroid dienone is 1. The highest BCUT2D eigenvalue weighted by atomic mass is 16.5. The van der Waals surface area contributed by atoms with Gasteiger partial charge in [-0.25, -0.2) is 4.99 Å². The van der Waals surface area contributed by atoms with Crippen LogP contribution in [0.15, 0.2) is 64.6 Å². The fourth-order valence-electron chi connectivity index (χ4n) is 3.16. The molecular formula is C22H27N7O. The zero-order chi connectivity index (χ0) is 21.9. The van der Waals surface area contributed by atoms with E-state index in [0.29, 0.717) is 17.4 Å². The highest BCUT2D eigenvalue weighted by Gasteiger charge is 2.37. The lowest BCUT2D eigenvalue weighted by Gasteiger charge is -2.31. The first-order chi connectivity index (χ1) is 14.3. The summed E-state index contributed by atoms with van der Waals surface area (Å²) in [5.41, 5.74) is 14.2. The summed E-state index contributed by atoms with van der Waals surface area (Å²) in [5.74, 6) is 1.45. The molecule has 0 bridgehead atoms. The Bertz CT molecular complexity index is 1090. The van der Waals surface area contributed by atoms with E-state index in [0.717, 1.165) is 16.7 Å². The molecule has 0 fully saturated rings. The van der Waals surface area contributed by atoms with Crippen LogP contribution in [0.2, 0.25) is 0 Å². The van der Waals surface area contributed by atoms with Crippen LogP contribution in [0.4, 0.5) is 0 Å². The number of aryl methyl sites for hydroxylation is 1. The van der Waals surface area contributed by atoms with Crippen molar-refractivity contribution in [3.05, 3.63) is 72.1 Å². The van der Waals surface area contributed by atoms with Crippen LogP contribution in [-0.4, -0.2) is 26.1 Å². The van der Waals surface area contributed by atoms with Crippen molar-refractivity contribution in [2.75, 3.05) is 0 Å². The molecule has 30 heavy (non-hydrogen) atoms. The van der Waals surface area contributed by atoms with Gasteiger partial charge in [0, 0.05) is 31.2 Å². The lowest BCUT2D eigenvalue weighted by molar-refractivity contribution is 0.350. The van der Waals surface area contributed by atoms with Crippen molar-refractivity contribution in [2.45, 2.75) is 26.2 Å². The van der Waals surface area contributed by atoms with Gasteiger partial charge in [0.05, 0.1) is 5.41 Å². The van der Waals surface area contributed by atoms with Gasteiger partial charge in [-0.3, -0.25) is 4.68 Å². The number of nitrogens with zero attached hydrogens (tertiary/aromatic N) is 5. The zero-order valence-corrected chi connectivity index (χ0v) is 17.7. The molecule has 0 aliphatic heterocycles. The number of benzene rings is 1. The second-order valence-electron chi connectivity index (χ2n) is 7.60. The van der Waals surface area contributed by atoms with Gasteiger partial charge in [-0.1, -0.05) is 49.8 Å². The maximum Gasteiger partial charge on any atom is 0.278 e. The van der Waals surface area contributed by atoms with Crippen LogP contribution in [0.1, 0.15) is 37.7 Å². The predicted octanol–water partition coefficient (Wildman–Crippen LogP) is 3.23. The Kier molecular flexibility index (Phi) is 5.86. The van der Waals surface area contributed by atoms with E-state index in [9.17, 15) is 0 Å². The quantitative estimate of drug-likeness (QED) is 0.582. The molecule has 0 aliphatic rings. The number of hydrogen-bond donors (Lipinski definition) is 2. The van der Waals surface area contributed by atoms with Crippen molar-refractivity contribution in [2.24, 2.45) is 29.4 Å². The molecule has 0 spiro atoms. The third kappa shape index (κ3) is 4.03. The van der Waals surface area contributed by atoms with Crippen molar-refractivity contribution in [3.8, 4) is 11.6 Å². The van der Waals surface area contributed by atoms with Crippen molar-refractivity contribution < 1.29 is 4.52 Å². The summed E-state index contributed by atoms with van der Waals surface area (Å²) in [7, 11) is 1.85. The number of aliphatic imine (C=N–C) groups is 1. The predicted molar refractivity (Wildman–Crippen MR) is 118 cm³/mol. The fourth-order valence-corrected chi connectivity index (χ4v) is 3.16. The molecule has 1 aromatic carbocycles. The van der Waals surface area contributed by atoms with Gasteiger partial charge in [0.25, 0.3) is 5.89 Å². The van der Waals surface area contributed by atoms with Gasteiger partial charge in [-0.15, -0.1) is 0 Å². The molecule has 2 aromatic heterocycles. The normalized spacial score (nSPS) is 14.4. The summed E-state index contributed by atoms with van der Waals surface area (Å²) in [6.07, 6.45) is 4.92. The van der Waals surface area contributed by atoms with Crippen LogP contribution in [-0.2, 0) is 12.5 Å². The molecule has 2 heterocycles. The van der Waals surface area contributed by atoms with E-state index in [2.05, 4.69) is 47.6 Å². The summed E-state index contributed by atoms with van der Waals surface area (Å²) < 4.78 is 7.22. The van der Waals surface area contributed by atoms with Crippen LogP contribution in [0.5, 0.6) is 0 Å². The number of aromatic nitrogens is 4. The summed E-state index contributed by atoms with van der Waals surface area (Å²) in [6, 6.07) is 9.90. The molecule has 3 rings (SSSR count). The highest BCUT2D eigenvalue weighted by Crippen LogP contribution is 2.38.